The Bertz CT molecular complexity index is 1410. The number of nitrogens with zero attached hydrogens (tertiary/aromatic N) is 1. The molecule has 1 heterocycles. The van der Waals surface area contributed by atoms with Crippen molar-refractivity contribution < 1.29 is 14.4 Å². The maximum Gasteiger partial charge on any atom is 0.224 e. The molecule has 0 radical (unpaired) electrons. The van der Waals surface area contributed by atoms with Crippen molar-refractivity contribution in [2.24, 2.45) is 0 Å². The van der Waals surface area contributed by atoms with Crippen molar-refractivity contribution in [2.75, 3.05) is 17.7 Å². The average Bonchev–Trinajstić information content (AvgIpc) is 2.91. The van der Waals surface area contributed by atoms with Gasteiger partial charge in [-0.3, -0.25) is 14.4 Å². The van der Waals surface area contributed by atoms with Gasteiger partial charge < -0.3 is 15.5 Å². The number of rotatable bonds is 5. The molecular formula is C31H35N3O3. The van der Waals surface area contributed by atoms with E-state index in [9.17, 15) is 14.4 Å². The number of carbonyl (C=O) groups excluding carboxylic acids is 3. The molecule has 0 spiro atoms. The van der Waals surface area contributed by atoms with Crippen molar-refractivity contribution in [3.63, 3.8) is 0 Å². The van der Waals surface area contributed by atoms with Crippen molar-refractivity contribution in [2.45, 2.75) is 70.8 Å². The normalized spacial score (nSPS) is 20.8. The van der Waals surface area contributed by atoms with Crippen molar-refractivity contribution in [1.29, 1.82) is 0 Å². The molecule has 2 aliphatic rings. The van der Waals surface area contributed by atoms with E-state index in [1.807, 2.05) is 50.1 Å². The van der Waals surface area contributed by atoms with Crippen LogP contribution >= 0.6 is 0 Å². The van der Waals surface area contributed by atoms with Crippen molar-refractivity contribution in [3.8, 4) is 11.1 Å². The molecule has 0 unspecified atom stereocenters. The minimum Gasteiger partial charge on any atom is -0.342 e. The Kier molecular flexibility index (Phi) is 6.52. The number of likely N-dealkylation sites (N-methyl/N-ethyl adjacent to an activating group) is 1. The number of hydrogen-bond donors (Lipinski definition) is 2. The number of aryl methyl sites for hydroxylation is 1. The molecule has 3 amide bonds. The summed E-state index contributed by atoms with van der Waals surface area (Å²) in [6, 6.07) is 16.8. The van der Waals surface area contributed by atoms with Crippen molar-refractivity contribution in [3.05, 3.63) is 59.7 Å². The van der Waals surface area contributed by atoms with E-state index >= 15 is 0 Å². The smallest absolute Gasteiger partial charge is 0.224 e. The van der Waals surface area contributed by atoms with E-state index in [2.05, 4.69) is 41.8 Å². The fourth-order valence-corrected chi connectivity index (χ4v) is 6.25. The van der Waals surface area contributed by atoms with Gasteiger partial charge in [-0.2, -0.15) is 0 Å². The third-order valence-electron chi connectivity index (χ3n) is 8.39. The second kappa shape index (κ2) is 9.66. The molecule has 1 fully saturated rings. The minimum absolute atomic E-state index is 0.0718. The van der Waals surface area contributed by atoms with Crippen molar-refractivity contribution in [1.82, 2.24) is 4.90 Å². The second-order valence-corrected chi connectivity index (χ2v) is 10.5. The first-order chi connectivity index (χ1) is 17.8. The predicted molar refractivity (Wildman–Crippen MR) is 149 cm³/mol. The summed E-state index contributed by atoms with van der Waals surface area (Å²) < 4.78 is 0. The number of fused-ring (bicyclic) bond motifs is 4. The maximum absolute atomic E-state index is 12.6. The fraction of sp³-hybridized carbons (Fsp3) is 0.387. The summed E-state index contributed by atoms with van der Waals surface area (Å²) in [5, 5.41) is 8.05. The quantitative estimate of drug-likeness (QED) is 0.452. The second-order valence-electron chi connectivity index (χ2n) is 10.5. The number of likely N-dealkylation sites (tertiary alicyclic amines) is 1. The number of carbonyl (C=O) groups is 3. The lowest BCUT2D eigenvalue weighted by molar-refractivity contribution is -0.138. The number of benzene rings is 3. The summed E-state index contributed by atoms with van der Waals surface area (Å²) in [5.74, 6) is 0.0260. The van der Waals surface area contributed by atoms with Crippen LogP contribution in [0.4, 0.5) is 11.4 Å². The SMILES string of the molecule is CCC(=O)Nc1c(-c2ccc3c(c2)CC[C@H]2N(C)C(=O)CC[C@]32C)cc2ccccc2c1NC(=O)CC. The summed E-state index contributed by atoms with van der Waals surface area (Å²) in [7, 11) is 1.94. The van der Waals surface area contributed by atoms with Crippen LogP contribution in [0.1, 0.15) is 64.0 Å². The highest BCUT2D eigenvalue weighted by molar-refractivity contribution is 6.14. The molecule has 3 aromatic rings. The Labute approximate surface area is 218 Å². The summed E-state index contributed by atoms with van der Waals surface area (Å²) in [6.45, 7) is 5.93. The van der Waals surface area contributed by atoms with E-state index in [0.717, 1.165) is 41.2 Å². The summed E-state index contributed by atoms with van der Waals surface area (Å²) in [5.41, 5.74) is 5.69. The third-order valence-corrected chi connectivity index (χ3v) is 8.39. The molecule has 1 aliphatic carbocycles. The van der Waals surface area contributed by atoms with Gasteiger partial charge in [0.25, 0.3) is 0 Å². The van der Waals surface area contributed by atoms with E-state index in [1.165, 1.54) is 11.1 Å². The zero-order valence-electron chi connectivity index (χ0n) is 22.1. The molecule has 0 bridgehead atoms. The lowest BCUT2D eigenvalue weighted by Crippen LogP contribution is -2.56. The molecule has 0 aromatic heterocycles. The highest BCUT2D eigenvalue weighted by Gasteiger charge is 2.46. The average molecular weight is 498 g/mol. The Morgan fingerprint density at radius 1 is 0.973 bits per heavy atom. The van der Waals surface area contributed by atoms with Gasteiger partial charge in [0, 0.05) is 48.7 Å². The van der Waals surface area contributed by atoms with Crippen LogP contribution in [0.3, 0.4) is 0 Å². The van der Waals surface area contributed by atoms with Gasteiger partial charge in [-0.15, -0.1) is 0 Å². The van der Waals surface area contributed by atoms with E-state index in [4.69, 9.17) is 0 Å². The van der Waals surface area contributed by atoms with Crippen LogP contribution in [0, 0.1) is 0 Å². The standard InChI is InChI=1S/C31H35N3O3/c1-5-26(35)32-29-22-10-8-7-9-19(22)18-23(30(29)33-27(36)6-2)20-11-13-24-21(17-20)12-14-25-31(24,3)16-15-28(37)34(25)4/h7-11,13,17-18,25H,5-6,12,14-16H2,1-4H3,(H,32,35)(H,33,36)/t25-,31-/m1/s1. The van der Waals surface area contributed by atoms with Gasteiger partial charge >= 0.3 is 0 Å². The molecule has 6 nitrogen and oxygen atoms in total. The topological polar surface area (TPSA) is 78.5 Å². The van der Waals surface area contributed by atoms with E-state index < -0.39 is 0 Å². The lowest BCUT2D eigenvalue weighted by Gasteiger charge is -2.50. The fourth-order valence-electron chi connectivity index (χ4n) is 6.25. The number of anilines is 2. The number of piperidine rings is 1. The molecule has 1 aliphatic heterocycles. The number of nitrogens with one attached hydrogen (secondary N) is 2. The molecular weight excluding hydrogens is 462 g/mol. The molecule has 3 aromatic carbocycles. The summed E-state index contributed by atoms with van der Waals surface area (Å²) >= 11 is 0. The lowest BCUT2D eigenvalue weighted by atomic mass is 9.63. The van der Waals surface area contributed by atoms with Gasteiger partial charge in [0.2, 0.25) is 17.7 Å². The van der Waals surface area contributed by atoms with E-state index in [0.29, 0.717) is 30.6 Å². The summed E-state index contributed by atoms with van der Waals surface area (Å²) in [6.07, 6.45) is 3.94. The Hall–Kier alpha value is -3.67. The third kappa shape index (κ3) is 4.28. The Morgan fingerprint density at radius 3 is 2.41 bits per heavy atom. The predicted octanol–water partition coefficient (Wildman–Crippen LogP) is 6.03. The zero-order valence-corrected chi connectivity index (χ0v) is 22.1. The highest BCUT2D eigenvalue weighted by atomic mass is 16.2. The molecule has 5 rings (SSSR count). The Morgan fingerprint density at radius 2 is 1.68 bits per heavy atom. The first kappa shape index (κ1) is 25.0. The molecule has 0 saturated carbocycles. The van der Waals surface area contributed by atoms with Crippen LogP contribution in [0.2, 0.25) is 0 Å². The first-order valence-electron chi connectivity index (χ1n) is 13.3. The first-order valence-corrected chi connectivity index (χ1v) is 13.3. The molecule has 1 saturated heterocycles. The number of amides is 3. The van der Waals surface area contributed by atoms with E-state index in [1.54, 1.807) is 0 Å². The van der Waals surface area contributed by atoms with E-state index in [-0.39, 0.29) is 29.2 Å². The molecule has 37 heavy (non-hydrogen) atoms. The number of hydrogen-bond acceptors (Lipinski definition) is 3. The van der Waals surface area contributed by atoms with Gasteiger partial charge in [-0.05, 0) is 47.4 Å². The monoisotopic (exact) mass is 497 g/mol. The zero-order chi connectivity index (χ0) is 26.3. The molecule has 2 atom stereocenters. The largest absolute Gasteiger partial charge is 0.342 e. The molecule has 2 N–H and O–H groups in total. The van der Waals surface area contributed by atoms with Crippen LogP contribution in [0.15, 0.2) is 48.5 Å². The van der Waals surface area contributed by atoms with Gasteiger partial charge in [0.1, 0.15) is 0 Å². The molecule has 192 valence electrons. The van der Waals surface area contributed by atoms with Crippen LogP contribution in [-0.4, -0.2) is 35.7 Å². The highest BCUT2D eigenvalue weighted by Crippen LogP contribution is 2.48. The van der Waals surface area contributed by atoms with Crippen LogP contribution in [0.5, 0.6) is 0 Å². The van der Waals surface area contributed by atoms with Gasteiger partial charge in [-0.25, -0.2) is 0 Å². The summed E-state index contributed by atoms with van der Waals surface area (Å²) in [4.78, 5) is 39.5. The Balaban J connectivity index is 1.68. The van der Waals surface area contributed by atoms with Gasteiger partial charge in [0.05, 0.1) is 11.4 Å². The van der Waals surface area contributed by atoms with Crippen LogP contribution in [-0.2, 0) is 26.2 Å². The van der Waals surface area contributed by atoms with Crippen LogP contribution in [0.25, 0.3) is 21.9 Å². The molecule has 6 heteroatoms. The van der Waals surface area contributed by atoms with Gasteiger partial charge in [-0.1, -0.05) is 63.2 Å². The maximum atomic E-state index is 12.6. The van der Waals surface area contributed by atoms with Crippen molar-refractivity contribution >= 4 is 39.9 Å². The van der Waals surface area contributed by atoms with Gasteiger partial charge in [0.15, 0.2) is 0 Å². The minimum atomic E-state index is -0.105. The van der Waals surface area contributed by atoms with Crippen LogP contribution < -0.4 is 10.6 Å².